The highest BCUT2D eigenvalue weighted by molar-refractivity contribution is 7.99. The van der Waals surface area contributed by atoms with Crippen molar-refractivity contribution in [2.45, 2.75) is 18.2 Å². The second-order valence-electron chi connectivity index (χ2n) is 4.28. The molecule has 0 bridgehead atoms. The Labute approximate surface area is 104 Å². The summed E-state index contributed by atoms with van der Waals surface area (Å²) in [5, 5.41) is 0. The second kappa shape index (κ2) is 4.79. The summed E-state index contributed by atoms with van der Waals surface area (Å²) in [5.41, 5.74) is 12.2. The van der Waals surface area contributed by atoms with Gasteiger partial charge in [-0.05, 0) is 30.0 Å². The Bertz CT molecular complexity index is 481. The molecule has 90 valence electrons. The first-order chi connectivity index (χ1) is 8.06. The molecule has 0 spiro atoms. The van der Waals surface area contributed by atoms with Crippen LogP contribution in [0.3, 0.4) is 0 Å². The lowest BCUT2D eigenvalue weighted by Gasteiger charge is -2.20. The van der Waals surface area contributed by atoms with Gasteiger partial charge in [0.2, 0.25) is 0 Å². The van der Waals surface area contributed by atoms with Gasteiger partial charge >= 0.3 is 0 Å². The summed E-state index contributed by atoms with van der Waals surface area (Å²) in [6, 6.07) is 5.65. The van der Waals surface area contributed by atoms with Crippen LogP contribution < -0.4 is 11.5 Å². The van der Waals surface area contributed by atoms with Crippen LogP contribution in [-0.4, -0.2) is 17.6 Å². The number of aliphatic imine (C=N–C) groups is 1. The number of amides is 1. The van der Waals surface area contributed by atoms with E-state index >= 15 is 0 Å². The minimum Gasteiger partial charge on any atom is -0.370 e. The van der Waals surface area contributed by atoms with E-state index in [0.29, 0.717) is 11.5 Å². The van der Waals surface area contributed by atoms with Gasteiger partial charge in [0.15, 0.2) is 5.96 Å². The van der Waals surface area contributed by atoms with Gasteiger partial charge in [0.25, 0.3) is 5.91 Å². The molecule has 2 rings (SSSR count). The molecule has 1 atom stereocenters. The van der Waals surface area contributed by atoms with Gasteiger partial charge in [0, 0.05) is 16.2 Å². The topological polar surface area (TPSA) is 81.5 Å². The highest BCUT2D eigenvalue weighted by Gasteiger charge is 2.17. The molecular formula is C12H15N3OS. The molecule has 4 N–H and O–H groups in total. The number of fused-ring (bicyclic) bond motifs is 1. The third-order valence-corrected chi connectivity index (χ3v) is 4.06. The molecule has 0 radical (unpaired) electrons. The molecule has 0 aromatic heterocycles. The quantitative estimate of drug-likeness (QED) is 0.582. The molecule has 1 heterocycles. The molecule has 0 aliphatic carbocycles. The number of hydrogen-bond donors (Lipinski definition) is 2. The minimum absolute atomic E-state index is 0.200. The predicted molar refractivity (Wildman–Crippen MR) is 70.2 cm³/mol. The van der Waals surface area contributed by atoms with Gasteiger partial charge < -0.3 is 11.5 Å². The lowest BCUT2D eigenvalue weighted by atomic mass is 10.0. The van der Waals surface area contributed by atoms with Crippen LogP contribution in [0, 0.1) is 5.92 Å². The number of benzene rings is 1. The van der Waals surface area contributed by atoms with Crippen molar-refractivity contribution >= 4 is 23.6 Å². The van der Waals surface area contributed by atoms with E-state index in [1.807, 2.05) is 12.1 Å². The molecule has 1 unspecified atom stereocenters. The standard InChI is InChI=1S/C12H15N3OS/c1-7-4-8-2-3-9(5-10(8)17-6-7)11(16)15-12(13)14/h2-3,5,7H,4,6H2,1H3,(H4,13,14,15,16). The molecule has 0 fully saturated rings. The number of nitrogens with two attached hydrogens (primary N) is 2. The monoisotopic (exact) mass is 249 g/mol. The van der Waals surface area contributed by atoms with Crippen molar-refractivity contribution in [3.8, 4) is 0 Å². The number of guanidine groups is 1. The van der Waals surface area contributed by atoms with Crippen molar-refractivity contribution in [1.29, 1.82) is 0 Å². The van der Waals surface area contributed by atoms with Crippen LogP contribution in [-0.2, 0) is 6.42 Å². The number of nitrogens with zero attached hydrogens (tertiary/aromatic N) is 1. The molecule has 4 nitrogen and oxygen atoms in total. The minimum atomic E-state index is -0.382. The van der Waals surface area contributed by atoms with Crippen LogP contribution in [0.25, 0.3) is 0 Å². The van der Waals surface area contributed by atoms with Crippen LogP contribution >= 0.6 is 11.8 Å². The summed E-state index contributed by atoms with van der Waals surface area (Å²) in [5.74, 6) is 1.19. The molecule has 1 aromatic carbocycles. The Morgan fingerprint density at radius 1 is 1.47 bits per heavy atom. The van der Waals surface area contributed by atoms with Crippen LogP contribution in [0.4, 0.5) is 0 Å². The second-order valence-corrected chi connectivity index (χ2v) is 5.35. The Balaban J connectivity index is 2.28. The molecule has 1 aromatic rings. The van der Waals surface area contributed by atoms with E-state index in [1.165, 1.54) is 10.5 Å². The van der Waals surface area contributed by atoms with Crippen molar-refractivity contribution < 1.29 is 4.79 Å². The van der Waals surface area contributed by atoms with Crippen molar-refractivity contribution in [2.75, 3.05) is 5.75 Å². The lowest BCUT2D eigenvalue weighted by molar-refractivity contribution is 0.100. The Morgan fingerprint density at radius 3 is 2.94 bits per heavy atom. The zero-order chi connectivity index (χ0) is 12.4. The van der Waals surface area contributed by atoms with E-state index in [0.717, 1.165) is 12.2 Å². The van der Waals surface area contributed by atoms with Crippen LogP contribution in [0.15, 0.2) is 28.1 Å². The number of rotatable bonds is 1. The number of thioether (sulfide) groups is 1. The number of hydrogen-bond acceptors (Lipinski definition) is 2. The molecular weight excluding hydrogens is 234 g/mol. The van der Waals surface area contributed by atoms with Crippen LogP contribution in [0.5, 0.6) is 0 Å². The van der Waals surface area contributed by atoms with E-state index < -0.39 is 0 Å². The first-order valence-electron chi connectivity index (χ1n) is 5.46. The fourth-order valence-electron chi connectivity index (χ4n) is 1.84. The van der Waals surface area contributed by atoms with Gasteiger partial charge in [-0.15, -0.1) is 11.8 Å². The van der Waals surface area contributed by atoms with Gasteiger partial charge in [-0.2, -0.15) is 4.99 Å². The fourth-order valence-corrected chi connectivity index (χ4v) is 2.97. The summed E-state index contributed by atoms with van der Waals surface area (Å²) in [6.07, 6.45) is 1.07. The van der Waals surface area contributed by atoms with E-state index in [-0.39, 0.29) is 11.9 Å². The van der Waals surface area contributed by atoms with Gasteiger partial charge in [0.05, 0.1) is 0 Å². The smallest absolute Gasteiger partial charge is 0.280 e. The SMILES string of the molecule is CC1CSc2cc(C(=O)N=C(N)N)ccc2C1. The average Bonchev–Trinajstić information content (AvgIpc) is 2.27. The molecule has 5 heteroatoms. The average molecular weight is 249 g/mol. The largest absolute Gasteiger partial charge is 0.370 e. The van der Waals surface area contributed by atoms with Gasteiger partial charge in [-0.25, -0.2) is 0 Å². The summed E-state index contributed by atoms with van der Waals surface area (Å²) in [6.45, 7) is 2.23. The van der Waals surface area contributed by atoms with E-state index in [2.05, 4.69) is 11.9 Å². The third kappa shape index (κ3) is 2.79. The Hall–Kier alpha value is -1.49. The zero-order valence-electron chi connectivity index (χ0n) is 9.64. The molecule has 1 amide bonds. The van der Waals surface area contributed by atoms with E-state index in [1.54, 1.807) is 17.8 Å². The molecule has 0 saturated carbocycles. The van der Waals surface area contributed by atoms with Crippen molar-refractivity contribution in [1.82, 2.24) is 0 Å². The first kappa shape index (κ1) is 12.0. The van der Waals surface area contributed by atoms with Crippen molar-refractivity contribution in [3.05, 3.63) is 29.3 Å². The Morgan fingerprint density at radius 2 is 2.24 bits per heavy atom. The molecule has 17 heavy (non-hydrogen) atoms. The molecule has 1 aliphatic heterocycles. The van der Waals surface area contributed by atoms with Gasteiger partial charge in [-0.1, -0.05) is 13.0 Å². The maximum absolute atomic E-state index is 11.6. The highest BCUT2D eigenvalue weighted by atomic mass is 32.2. The highest BCUT2D eigenvalue weighted by Crippen LogP contribution is 2.33. The third-order valence-electron chi connectivity index (χ3n) is 2.64. The Kier molecular flexibility index (Phi) is 3.38. The molecule has 1 aliphatic rings. The van der Waals surface area contributed by atoms with Crippen LogP contribution in [0.1, 0.15) is 22.8 Å². The fraction of sp³-hybridized carbons (Fsp3) is 0.333. The summed E-state index contributed by atoms with van der Waals surface area (Å²) < 4.78 is 0. The van der Waals surface area contributed by atoms with E-state index in [9.17, 15) is 4.79 Å². The summed E-state index contributed by atoms with van der Waals surface area (Å²) >= 11 is 1.78. The van der Waals surface area contributed by atoms with Gasteiger partial charge in [-0.3, -0.25) is 4.79 Å². The zero-order valence-corrected chi connectivity index (χ0v) is 10.5. The summed E-state index contributed by atoms with van der Waals surface area (Å²) in [7, 11) is 0. The maximum Gasteiger partial charge on any atom is 0.280 e. The number of carbonyl (C=O) groups is 1. The number of carbonyl (C=O) groups excluding carboxylic acids is 1. The van der Waals surface area contributed by atoms with Crippen molar-refractivity contribution in [3.63, 3.8) is 0 Å². The van der Waals surface area contributed by atoms with Gasteiger partial charge in [0.1, 0.15) is 0 Å². The van der Waals surface area contributed by atoms with Crippen molar-refractivity contribution in [2.24, 2.45) is 22.4 Å². The summed E-state index contributed by atoms with van der Waals surface area (Å²) in [4.78, 5) is 16.4. The predicted octanol–water partition coefficient (Wildman–Crippen LogP) is 1.38. The lowest BCUT2D eigenvalue weighted by Crippen LogP contribution is -2.24. The maximum atomic E-state index is 11.6. The normalized spacial score (nSPS) is 18.3. The first-order valence-corrected chi connectivity index (χ1v) is 6.44. The van der Waals surface area contributed by atoms with E-state index in [4.69, 9.17) is 11.5 Å². The molecule has 0 saturated heterocycles. The van der Waals surface area contributed by atoms with Crippen LogP contribution in [0.2, 0.25) is 0 Å².